The smallest absolute Gasteiger partial charge is 0.340 e. The molecule has 2 aromatic carbocycles. The van der Waals surface area contributed by atoms with Gasteiger partial charge >= 0.3 is 5.97 Å². The van der Waals surface area contributed by atoms with E-state index in [9.17, 15) is 9.59 Å². The Bertz CT molecular complexity index is 1020. The maximum atomic E-state index is 12.7. The minimum Gasteiger partial charge on any atom is -0.485 e. The highest BCUT2D eigenvalue weighted by molar-refractivity contribution is 6.35. The number of carbonyl (C=O) groups excluding carboxylic acids is 2. The molecule has 6 heteroatoms. The Labute approximate surface area is 162 Å². The number of ether oxygens (including phenoxy) is 2. The summed E-state index contributed by atoms with van der Waals surface area (Å²) >= 11 is 6.21. The molecule has 0 aliphatic rings. The highest BCUT2D eigenvalue weighted by Gasteiger charge is 2.23. The molecule has 1 heterocycles. The molecule has 3 aromatic rings. The molecule has 1 aromatic heterocycles. The van der Waals surface area contributed by atoms with Crippen molar-refractivity contribution in [3.05, 3.63) is 63.9 Å². The number of esters is 1. The molecule has 5 nitrogen and oxygen atoms in total. The van der Waals surface area contributed by atoms with Gasteiger partial charge < -0.3 is 14.5 Å². The van der Waals surface area contributed by atoms with Crippen molar-refractivity contribution in [2.24, 2.45) is 0 Å². The molecule has 0 bridgehead atoms. The molecule has 0 saturated heterocycles. The van der Waals surface area contributed by atoms with E-state index in [0.29, 0.717) is 33.3 Å². The van der Waals surface area contributed by atoms with E-state index >= 15 is 0 Å². The summed E-state index contributed by atoms with van der Waals surface area (Å²) in [5, 5.41) is 2.32. The first-order valence-corrected chi connectivity index (χ1v) is 9.01. The van der Waals surface area contributed by atoms with Crippen molar-refractivity contribution < 1.29 is 19.1 Å². The van der Waals surface area contributed by atoms with Crippen molar-refractivity contribution in [3.63, 3.8) is 0 Å². The number of aromatic amines is 1. The third-order valence-electron chi connectivity index (χ3n) is 4.39. The van der Waals surface area contributed by atoms with Crippen molar-refractivity contribution in [3.8, 4) is 5.75 Å². The minimum absolute atomic E-state index is 0.158. The maximum Gasteiger partial charge on any atom is 0.340 e. The summed E-state index contributed by atoms with van der Waals surface area (Å²) in [6, 6.07) is 11.1. The molecular formula is C21H20ClNO4. The van der Waals surface area contributed by atoms with Crippen LogP contribution in [0.3, 0.4) is 0 Å². The molecule has 0 amide bonds. The van der Waals surface area contributed by atoms with E-state index < -0.39 is 5.97 Å². The summed E-state index contributed by atoms with van der Waals surface area (Å²) in [6.07, 6.45) is 0. The van der Waals surface area contributed by atoms with E-state index in [2.05, 4.69) is 4.98 Å². The quantitative estimate of drug-likeness (QED) is 0.485. The highest BCUT2D eigenvalue weighted by Crippen LogP contribution is 2.31. The molecule has 0 radical (unpaired) electrons. The first kappa shape index (κ1) is 19.0. The van der Waals surface area contributed by atoms with E-state index in [1.165, 1.54) is 0 Å². The lowest BCUT2D eigenvalue weighted by atomic mass is 10.1. The second-order valence-corrected chi connectivity index (χ2v) is 6.56. The van der Waals surface area contributed by atoms with Crippen LogP contribution in [0.4, 0.5) is 0 Å². The number of nitrogens with one attached hydrogen (secondary N) is 1. The number of rotatable bonds is 6. The van der Waals surface area contributed by atoms with Gasteiger partial charge in [0.2, 0.25) is 5.78 Å². The highest BCUT2D eigenvalue weighted by atomic mass is 35.5. The molecule has 0 fully saturated rings. The molecule has 0 aliphatic heterocycles. The summed E-state index contributed by atoms with van der Waals surface area (Å²) in [7, 11) is 0. The number of aromatic nitrogens is 1. The number of fused-ring (bicyclic) bond motifs is 1. The van der Waals surface area contributed by atoms with Gasteiger partial charge in [-0.3, -0.25) is 4.79 Å². The fourth-order valence-corrected chi connectivity index (χ4v) is 3.34. The largest absolute Gasteiger partial charge is 0.485 e. The van der Waals surface area contributed by atoms with Gasteiger partial charge in [-0.25, -0.2) is 4.79 Å². The first-order valence-electron chi connectivity index (χ1n) is 8.63. The van der Waals surface area contributed by atoms with Crippen molar-refractivity contribution in [2.45, 2.75) is 20.8 Å². The summed E-state index contributed by atoms with van der Waals surface area (Å²) in [5.41, 5.74) is 1.93. The standard InChI is InChI=1S/C21H20ClNO4/c1-4-26-21(25)19-12(2)20(23-13(19)3)17(24)11-27-18-10-9-16(22)14-7-5-6-8-15(14)18/h5-10,23H,4,11H2,1-3H3. The predicted octanol–water partition coefficient (Wildman–Crippen LogP) is 4.88. The van der Waals surface area contributed by atoms with Crippen LogP contribution in [0, 0.1) is 13.8 Å². The van der Waals surface area contributed by atoms with Gasteiger partial charge in [0.05, 0.1) is 17.9 Å². The van der Waals surface area contributed by atoms with Crippen LogP contribution in [0.5, 0.6) is 5.75 Å². The lowest BCUT2D eigenvalue weighted by Gasteiger charge is -2.10. The zero-order chi connectivity index (χ0) is 19.6. The van der Waals surface area contributed by atoms with Crippen LogP contribution in [-0.2, 0) is 4.74 Å². The topological polar surface area (TPSA) is 68.4 Å². The van der Waals surface area contributed by atoms with Crippen LogP contribution >= 0.6 is 11.6 Å². The van der Waals surface area contributed by atoms with Gasteiger partial charge in [0, 0.05) is 21.5 Å². The molecule has 0 atom stereocenters. The van der Waals surface area contributed by atoms with Gasteiger partial charge in [0.1, 0.15) is 5.75 Å². The van der Waals surface area contributed by atoms with E-state index in [1.54, 1.807) is 32.9 Å². The second kappa shape index (κ2) is 7.84. The number of aryl methyl sites for hydroxylation is 1. The summed E-state index contributed by atoms with van der Waals surface area (Å²) in [6.45, 7) is 5.32. The Morgan fingerprint density at radius 2 is 1.78 bits per heavy atom. The van der Waals surface area contributed by atoms with Crippen molar-refractivity contribution in [1.82, 2.24) is 4.98 Å². The molecule has 0 spiro atoms. The van der Waals surface area contributed by atoms with Crippen molar-refractivity contribution in [1.29, 1.82) is 0 Å². The number of halogens is 1. The Balaban J connectivity index is 1.83. The monoisotopic (exact) mass is 385 g/mol. The minimum atomic E-state index is -0.438. The van der Waals surface area contributed by atoms with Crippen LogP contribution in [0.25, 0.3) is 10.8 Å². The lowest BCUT2D eigenvalue weighted by Crippen LogP contribution is -2.14. The molecule has 0 aliphatic carbocycles. The molecule has 3 rings (SSSR count). The van der Waals surface area contributed by atoms with Gasteiger partial charge in [-0.15, -0.1) is 0 Å². The number of hydrogen-bond donors (Lipinski definition) is 1. The maximum absolute atomic E-state index is 12.7. The molecule has 140 valence electrons. The summed E-state index contributed by atoms with van der Waals surface area (Å²) in [5.74, 6) is -0.104. The Kier molecular flexibility index (Phi) is 5.51. The van der Waals surface area contributed by atoms with E-state index in [0.717, 1.165) is 10.8 Å². The summed E-state index contributed by atoms with van der Waals surface area (Å²) < 4.78 is 10.8. The van der Waals surface area contributed by atoms with Gasteiger partial charge in [-0.2, -0.15) is 0 Å². The van der Waals surface area contributed by atoms with E-state index in [-0.39, 0.29) is 19.0 Å². The van der Waals surface area contributed by atoms with Crippen molar-refractivity contribution >= 4 is 34.1 Å². The zero-order valence-electron chi connectivity index (χ0n) is 15.4. The molecule has 1 N–H and O–H groups in total. The Morgan fingerprint density at radius 3 is 2.48 bits per heavy atom. The molecule has 0 unspecified atom stereocenters. The van der Waals surface area contributed by atoms with Crippen LogP contribution in [0.1, 0.15) is 39.0 Å². The third kappa shape index (κ3) is 3.69. The van der Waals surface area contributed by atoms with Crippen molar-refractivity contribution in [2.75, 3.05) is 13.2 Å². The molecule has 27 heavy (non-hydrogen) atoms. The number of hydrogen-bond acceptors (Lipinski definition) is 4. The third-order valence-corrected chi connectivity index (χ3v) is 4.72. The van der Waals surface area contributed by atoms with E-state index in [4.69, 9.17) is 21.1 Å². The molecule has 0 saturated carbocycles. The van der Waals surface area contributed by atoms with Crippen LogP contribution < -0.4 is 4.74 Å². The average molecular weight is 386 g/mol. The molecular weight excluding hydrogens is 366 g/mol. The normalized spacial score (nSPS) is 10.8. The Hall–Kier alpha value is -2.79. The fraction of sp³-hybridized carbons (Fsp3) is 0.238. The van der Waals surface area contributed by atoms with Crippen LogP contribution in [0.15, 0.2) is 36.4 Å². The van der Waals surface area contributed by atoms with E-state index in [1.807, 2.05) is 24.3 Å². The van der Waals surface area contributed by atoms with Crippen LogP contribution in [0.2, 0.25) is 5.02 Å². The predicted molar refractivity (Wildman–Crippen MR) is 105 cm³/mol. The van der Waals surface area contributed by atoms with Gasteiger partial charge in [0.25, 0.3) is 0 Å². The number of ketones is 1. The number of carbonyl (C=O) groups is 2. The number of H-pyrrole nitrogens is 1. The van der Waals surface area contributed by atoms with Crippen LogP contribution in [-0.4, -0.2) is 30.0 Å². The first-order chi connectivity index (χ1) is 12.9. The Morgan fingerprint density at radius 1 is 1.07 bits per heavy atom. The zero-order valence-corrected chi connectivity index (χ0v) is 16.1. The van der Waals surface area contributed by atoms with Gasteiger partial charge in [-0.05, 0) is 38.5 Å². The SMILES string of the molecule is CCOC(=O)c1c(C)[nH]c(C(=O)COc2ccc(Cl)c3ccccc23)c1C. The van der Waals surface area contributed by atoms with Gasteiger partial charge in [-0.1, -0.05) is 35.9 Å². The second-order valence-electron chi connectivity index (χ2n) is 6.15. The summed E-state index contributed by atoms with van der Waals surface area (Å²) in [4.78, 5) is 27.7. The average Bonchev–Trinajstić information content (AvgIpc) is 2.96. The lowest BCUT2D eigenvalue weighted by molar-refractivity contribution is 0.0525. The number of benzene rings is 2. The number of Topliss-reactive ketones (excluding diaryl/α,β-unsaturated/α-hetero) is 1. The van der Waals surface area contributed by atoms with Gasteiger partial charge in [0.15, 0.2) is 6.61 Å². The fourth-order valence-electron chi connectivity index (χ4n) is 3.11.